The second-order valence-corrected chi connectivity index (χ2v) is 4.28. The molecule has 1 N–H and O–H groups in total. The molecule has 0 spiro atoms. The summed E-state index contributed by atoms with van der Waals surface area (Å²) in [5.41, 5.74) is 0. The van der Waals surface area contributed by atoms with Crippen LogP contribution in [0.4, 0.5) is 5.82 Å². The first-order chi connectivity index (χ1) is 8.08. The van der Waals surface area contributed by atoms with Gasteiger partial charge in [0.2, 0.25) is 0 Å². The van der Waals surface area contributed by atoms with Gasteiger partial charge in [-0.1, -0.05) is 19.1 Å². The first-order valence-electron chi connectivity index (χ1n) is 5.81. The van der Waals surface area contributed by atoms with Gasteiger partial charge in [-0.05, 0) is 19.3 Å². The van der Waals surface area contributed by atoms with Crippen LogP contribution in [-0.4, -0.2) is 34.1 Å². The van der Waals surface area contributed by atoms with E-state index in [1.165, 1.54) is 7.11 Å². The fourth-order valence-corrected chi connectivity index (χ4v) is 1.61. The molecule has 0 saturated heterocycles. The highest BCUT2D eigenvalue weighted by Crippen LogP contribution is 2.13. The van der Waals surface area contributed by atoms with Crippen LogP contribution in [0.15, 0.2) is 6.20 Å². The summed E-state index contributed by atoms with van der Waals surface area (Å²) in [7, 11) is 1.40. The first-order valence-corrected chi connectivity index (χ1v) is 5.81. The summed E-state index contributed by atoms with van der Waals surface area (Å²) in [6.07, 6.45) is 2.32. The molecule has 0 aliphatic rings. The molecule has 0 fully saturated rings. The maximum Gasteiger partial charge on any atom is 0.328 e. The Morgan fingerprint density at radius 2 is 2.29 bits per heavy atom. The minimum atomic E-state index is -0.358. The lowest BCUT2D eigenvalue weighted by Gasteiger charge is -2.19. The van der Waals surface area contributed by atoms with Crippen LogP contribution in [0.2, 0.25) is 0 Å². The van der Waals surface area contributed by atoms with Gasteiger partial charge in [-0.25, -0.2) is 9.48 Å². The van der Waals surface area contributed by atoms with Crippen LogP contribution in [0.1, 0.15) is 27.2 Å². The molecule has 1 heterocycles. The van der Waals surface area contributed by atoms with E-state index in [2.05, 4.69) is 29.5 Å². The molecule has 17 heavy (non-hydrogen) atoms. The summed E-state index contributed by atoms with van der Waals surface area (Å²) in [5.74, 6) is 0.878. The van der Waals surface area contributed by atoms with Crippen molar-refractivity contribution in [2.24, 2.45) is 5.92 Å². The minimum absolute atomic E-state index is 0.262. The molecule has 1 unspecified atom stereocenters. The van der Waals surface area contributed by atoms with E-state index in [1.54, 1.807) is 10.9 Å². The fourth-order valence-electron chi connectivity index (χ4n) is 1.61. The summed E-state index contributed by atoms with van der Waals surface area (Å²) in [4.78, 5) is 11.6. The molecule has 0 amide bonds. The highest BCUT2D eigenvalue weighted by Gasteiger charge is 2.21. The number of hydrogen-bond donors (Lipinski definition) is 1. The Kier molecular flexibility index (Phi) is 4.93. The molecule has 6 nitrogen and oxygen atoms in total. The summed E-state index contributed by atoms with van der Waals surface area (Å²) in [6.45, 7) is 6.80. The number of anilines is 1. The second kappa shape index (κ2) is 6.22. The van der Waals surface area contributed by atoms with Gasteiger partial charge in [0.05, 0.1) is 13.3 Å². The molecule has 1 rings (SSSR count). The third-order valence-electron chi connectivity index (χ3n) is 2.43. The molecular formula is C11H20N4O2. The molecule has 1 aromatic heterocycles. The number of ether oxygens (including phenoxy) is 1. The monoisotopic (exact) mass is 240 g/mol. The van der Waals surface area contributed by atoms with Crippen molar-refractivity contribution in [2.45, 2.75) is 39.8 Å². The number of hydrogen-bond acceptors (Lipinski definition) is 5. The maximum atomic E-state index is 11.6. The Bertz CT molecular complexity index is 362. The van der Waals surface area contributed by atoms with Gasteiger partial charge in [0.1, 0.15) is 11.9 Å². The van der Waals surface area contributed by atoms with Crippen LogP contribution in [-0.2, 0) is 16.1 Å². The predicted molar refractivity (Wildman–Crippen MR) is 64.6 cm³/mol. The molecule has 0 aliphatic heterocycles. The molecule has 1 atom stereocenters. The van der Waals surface area contributed by atoms with E-state index in [-0.39, 0.29) is 12.0 Å². The summed E-state index contributed by atoms with van der Waals surface area (Å²) in [5, 5.41) is 10.8. The first kappa shape index (κ1) is 13.5. The largest absolute Gasteiger partial charge is 0.467 e. The van der Waals surface area contributed by atoms with Crippen molar-refractivity contribution in [1.29, 1.82) is 0 Å². The topological polar surface area (TPSA) is 69.0 Å². The molecular weight excluding hydrogens is 220 g/mol. The van der Waals surface area contributed by atoms with E-state index in [0.717, 1.165) is 5.82 Å². The highest BCUT2D eigenvalue weighted by atomic mass is 16.5. The smallest absolute Gasteiger partial charge is 0.328 e. The number of carbonyl (C=O) groups is 1. The third-order valence-corrected chi connectivity index (χ3v) is 2.43. The minimum Gasteiger partial charge on any atom is -0.467 e. The standard InChI is InChI=1S/C11H20N4O2/c1-5-15-10(7-12-14-15)13-9(6-8(2)3)11(16)17-4/h7-9,13H,5-6H2,1-4H3. The van der Waals surface area contributed by atoms with E-state index >= 15 is 0 Å². The van der Waals surface area contributed by atoms with Crippen molar-refractivity contribution < 1.29 is 9.53 Å². The lowest BCUT2D eigenvalue weighted by atomic mass is 10.0. The van der Waals surface area contributed by atoms with Gasteiger partial charge in [-0.2, -0.15) is 0 Å². The number of methoxy groups -OCH3 is 1. The molecule has 0 radical (unpaired) electrons. The van der Waals surface area contributed by atoms with Crippen molar-refractivity contribution in [3.05, 3.63) is 6.20 Å². The summed E-state index contributed by atoms with van der Waals surface area (Å²) in [6, 6.07) is -0.358. The fraction of sp³-hybridized carbons (Fsp3) is 0.727. The van der Waals surface area contributed by atoms with Gasteiger partial charge in [0, 0.05) is 6.54 Å². The number of aromatic nitrogens is 3. The number of nitrogens with one attached hydrogen (secondary N) is 1. The second-order valence-electron chi connectivity index (χ2n) is 4.28. The Balaban J connectivity index is 2.75. The molecule has 0 aliphatic carbocycles. The average Bonchev–Trinajstić information content (AvgIpc) is 2.73. The van der Waals surface area contributed by atoms with Crippen LogP contribution in [0.3, 0.4) is 0 Å². The quantitative estimate of drug-likeness (QED) is 0.759. The Morgan fingerprint density at radius 1 is 1.59 bits per heavy atom. The number of nitrogens with zero attached hydrogens (tertiary/aromatic N) is 3. The number of aryl methyl sites for hydroxylation is 1. The SMILES string of the molecule is CCn1nncc1NC(CC(C)C)C(=O)OC. The van der Waals surface area contributed by atoms with E-state index in [9.17, 15) is 4.79 Å². The van der Waals surface area contributed by atoms with Crippen molar-refractivity contribution >= 4 is 11.8 Å². The zero-order valence-corrected chi connectivity index (χ0v) is 10.8. The van der Waals surface area contributed by atoms with Gasteiger partial charge in [-0.3, -0.25) is 0 Å². The molecule has 0 saturated carbocycles. The zero-order chi connectivity index (χ0) is 12.8. The average molecular weight is 240 g/mol. The third kappa shape index (κ3) is 3.72. The van der Waals surface area contributed by atoms with E-state index in [1.807, 2.05) is 6.92 Å². The molecule has 6 heteroatoms. The molecule has 96 valence electrons. The van der Waals surface area contributed by atoms with E-state index < -0.39 is 0 Å². The predicted octanol–water partition coefficient (Wildman–Crippen LogP) is 1.30. The van der Waals surface area contributed by atoms with Crippen LogP contribution in [0.5, 0.6) is 0 Å². The van der Waals surface area contributed by atoms with Gasteiger partial charge in [0.25, 0.3) is 0 Å². The number of esters is 1. The summed E-state index contributed by atoms with van der Waals surface area (Å²) >= 11 is 0. The van der Waals surface area contributed by atoms with Gasteiger partial charge >= 0.3 is 5.97 Å². The van der Waals surface area contributed by atoms with Gasteiger partial charge in [-0.15, -0.1) is 5.10 Å². The van der Waals surface area contributed by atoms with Crippen LogP contribution in [0.25, 0.3) is 0 Å². The van der Waals surface area contributed by atoms with Crippen molar-refractivity contribution in [3.63, 3.8) is 0 Å². The molecule has 0 bridgehead atoms. The van der Waals surface area contributed by atoms with E-state index in [0.29, 0.717) is 18.9 Å². The van der Waals surface area contributed by atoms with Gasteiger partial charge < -0.3 is 10.1 Å². The van der Waals surface area contributed by atoms with Gasteiger partial charge in [0.15, 0.2) is 0 Å². The Morgan fingerprint density at radius 3 is 2.82 bits per heavy atom. The lowest BCUT2D eigenvalue weighted by Crippen LogP contribution is -2.33. The van der Waals surface area contributed by atoms with Crippen LogP contribution >= 0.6 is 0 Å². The highest BCUT2D eigenvalue weighted by molar-refractivity contribution is 5.78. The van der Waals surface area contributed by atoms with Crippen molar-refractivity contribution in [2.75, 3.05) is 12.4 Å². The normalized spacial score (nSPS) is 12.5. The lowest BCUT2D eigenvalue weighted by molar-refractivity contribution is -0.141. The Labute approximate surface area is 101 Å². The molecule has 0 aromatic carbocycles. The maximum absolute atomic E-state index is 11.6. The Hall–Kier alpha value is -1.59. The summed E-state index contributed by atoms with van der Waals surface area (Å²) < 4.78 is 6.49. The van der Waals surface area contributed by atoms with Crippen molar-refractivity contribution in [3.8, 4) is 0 Å². The van der Waals surface area contributed by atoms with Crippen molar-refractivity contribution in [1.82, 2.24) is 15.0 Å². The zero-order valence-electron chi connectivity index (χ0n) is 10.8. The molecule has 1 aromatic rings. The van der Waals surface area contributed by atoms with E-state index in [4.69, 9.17) is 4.74 Å². The number of carbonyl (C=O) groups excluding carboxylic acids is 1. The van der Waals surface area contributed by atoms with Crippen LogP contribution < -0.4 is 5.32 Å². The van der Waals surface area contributed by atoms with Crippen LogP contribution in [0, 0.1) is 5.92 Å². The number of rotatable bonds is 6.